The number of para-hydroxylation sites is 1. The van der Waals surface area contributed by atoms with Gasteiger partial charge in [0.15, 0.2) is 10.9 Å². The number of nitrogens with zero attached hydrogens (tertiary/aromatic N) is 3. The van der Waals surface area contributed by atoms with Crippen LogP contribution in [-0.4, -0.2) is 38.8 Å². The van der Waals surface area contributed by atoms with Gasteiger partial charge in [0.05, 0.1) is 11.4 Å². The van der Waals surface area contributed by atoms with Gasteiger partial charge in [-0.1, -0.05) is 78.5 Å². The summed E-state index contributed by atoms with van der Waals surface area (Å²) in [7, 11) is 0. The van der Waals surface area contributed by atoms with Crippen molar-refractivity contribution in [3.63, 3.8) is 0 Å². The lowest BCUT2D eigenvalue weighted by Gasteiger charge is -2.11. The van der Waals surface area contributed by atoms with Crippen molar-refractivity contribution in [3.05, 3.63) is 96.1 Å². The molecular formula is C26H23FN4O2S. The number of carbonyl (C=O) groups is 2. The number of amides is 1. The molecule has 0 unspecified atom stereocenters. The number of Topliss-reactive ketones (excluding diaryl/α,β-unsaturated/α-hetero) is 1. The van der Waals surface area contributed by atoms with Crippen molar-refractivity contribution in [1.82, 2.24) is 20.1 Å². The Kier molecular flexibility index (Phi) is 7.49. The third-order valence-electron chi connectivity index (χ3n) is 5.16. The summed E-state index contributed by atoms with van der Waals surface area (Å²) in [5, 5.41) is 11.5. The van der Waals surface area contributed by atoms with Crippen LogP contribution in [0, 0.1) is 5.82 Å². The summed E-state index contributed by atoms with van der Waals surface area (Å²) in [6.45, 7) is 1.78. The average Bonchev–Trinajstić information content (AvgIpc) is 3.25. The second-order valence-corrected chi connectivity index (χ2v) is 8.52. The quantitative estimate of drug-likeness (QED) is 0.280. The number of aromatic nitrogens is 3. The molecule has 1 heterocycles. The number of halogens is 1. The largest absolute Gasteiger partial charge is 0.356 e. The fraction of sp³-hybridized carbons (Fsp3) is 0.154. The van der Waals surface area contributed by atoms with Gasteiger partial charge in [-0.2, -0.15) is 0 Å². The van der Waals surface area contributed by atoms with Crippen LogP contribution in [0.3, 0.4) is 0 Å². The van der Waals surface area contributed by atoms with Crippen LogP contribution in [0.15, 0.2) is 84.0 Å². The van der Waals surface area contributed by atoms with E-state index in [9.17, 15) is 14.0 Å². The monoisotopic (exact) mass is 474 g/mol. The normalized spacial score (nSPS) is 10.8. The van der Waals surface area contributed by atoms with Gasteiger partial charge in [-0.15, -0.1) is 10.2 Å². The number of benzene rings is 3. The Morgan fingerprint density at radius 1 is 0.912 bits per heavy atom. The average molecular weight is 475 g/mol. The third kappa shape index (κ3) is 5.58. The Morgan fingerprint density at radius 2 is 1.59 bits per heavy atom. The highest BCUT2D eigenvalue weighted by molar-refractivity contribution is 7.99. The molecule has 0 spiro atoms. The van der Waals surface area contributed by atoms with Gasteiger partial charge in [0.2, 0.25) is 5.91 Å². The van der Waals surface area contributed by atoms with Crippen molar-refractivity contribution >= 4 is 23.5 Å². The molecule has 3 aromatic carbocycles. The van der Waals surface area contributed by atoms with E-state index in [1.54, 1.807) is 22.8 Å². The van der Waals surface area contributed by atoms with Crippen LogP contribution in [0.4, 0.5) is 4.39 Å². The Hall–Kier alpha value is -3.78. The molecule has 8 heteroatoms. The predicted molar refractivity (Wildman–Crippen MR) is 131 cm³/mol. The van der Waals surface area contributed by atoms with E-state index >= 15 is 0 Å². The molecule has 0 aliphatic rings. The number of hydrogen-bond acceptors (Lipinski definition) is 5. The predicted octanol–water partition coefficient (Wildman–Crippen LogP) is 4.73. The molecule has 6 nitrogen and oxygen atoms in total. The number of nitrogens with one attached hydrogen (secondary N) is 1. The zero-order valence-electron chi connectivity index (χ0n) is 18.6. The highest BCUT2D eigenvalue weighted by atomic mass is 32.2. The molecular weight excluding hydrogens is 451 g/mol. The molecule has 172 valence electrons. The standard InChI is InChI=1S/C26H23FN4O2S/c1-18(32)28-16-15-25-29-30-26(31(25)23-10-6-5-9-22(23)27)34-17-24(33)21-13-11-20(12-14-21)19-7-3-2-4-8-19/h2-14H,15-17H2,1H3,(H,28,32). The first kappa shape index (κ1) is 23.4. The zero-order valence-corrected chi connectivity index (χ0v) is 19.4. The van der Waals surface area contributed by atoms with Gasteiger partial charge in [-0.25, -0.2) is 4.39 Å². The summed E-state index contributed by atoms with van der Waals surface area (Å²) >= 11 is 1.20. The van der Waals surface area contributed by atoms with Gasteiger partial charge >= 0.3 is 0 Å². The highest BCUT2D eigenvalue weighted by Gasteiger charge is 2.18. The van der Waals surface area contributed by atoms with Gasteiger partial charge < -0.3 is 5.32 Å². The lowest BCUT2D eigenvalue weighted by atomic mass is 10.0. The van der Waals surface area contributed by atoms with E-state index in [0.717, 1.165) is 11.1 Å². The second kappa shape index (κ2) is 10.9. The number of hydrogen-bond donors (Lipinski definition) is 1. The number of thioether (sulfide) groups is 1. The Balaban J connectivity index is 1.51. The molecule has 0 atom stereocenters. The van der Waals surface area contributed by atoms with Crippen LogP contribution in [-0.2, 0) is 11.2 Å². The van der Waals surface area contributed by atoms with Crippen LogP contribution in [0.1, 0.15) is 23.1 Å². The minimum atomic E-state index is -0.423. The fourth-order valence-corrected chi connectivity index (χ4v) is 4.33. The second-order valence-electron chi connectivity index (χ2n) is 7.57. The van der Waals surface area contributed by atoms with Crippen molar-refractivity contribution in [2.45, 2.75) is 18.5 Å². The molecule has 0 radical (unpaired) electrons. The Labute approximate surface area is 201 Å². The first-order chi connectivity index (χ1) is 16.5. The molecule has 34 heavy (non-hydrogen) atoms. The minimum Gasteiger partial charge on any atom is -0.356 e. The first-order valence-corrected chi connectivity index (χ1v) is 11.8. The smallest absolute Gasteiger partial charge is 0.216 e. The van der Waals surface area contributed by atoms with Crippen molar-refractivity contribution in [1.29, 1.82) is 0 Å². The molecule has 0 aliphatic carbocycles. The molecule has 4 aromatic rings. The van der Waals surface area contributed by atoms with Crippen LogP contribution in [0.2, 0.25) is 0 Å². The molecule has 0 bridgehead atoms. The summed E-state index contributed by atoms with van der Waals surface area (Å²) < 4.78 is 16.2. The molecule has 4 rings (SSSR count). The van der Waals surface area contributed by atoms with Crippen LogP contribution in [0.5, 0.6) is 0 Å². The van der Waals surface area contributed by atoms with Crippen molar-refractivity contribution in [2.24, 2.45) is 0 Å². The van der Waals surface area contributed by atoms with Crippen LogP contribution < -0.4 is 5.32 Å². The third-order valence-corrected chi connectivity index (χ3v) is 6.09. The molecule has 0 aliphatic heterocycles. The van der Waals surface area contributed by atoms with Gasteiger partial charge in [0.1, 0.15) is 11.6 Å². The van der Waals surface area contributed by atoms with E-state index in [1.807, 2.05) is 54.6 Å². The lowest BCUT2D eigenvalue weighted by molar-refractivity contribution is -0.118. The van der Waals surface area contributed by atoms with Crippen LogP contribution in [0.25, 0.3) is 16.8 Å². The molecule has 1 aromatic heterocycles. The summed E-state index contributed by atoms with van der Waals surface area (Å²) in [6, 6.07) is 23.8. The first-order valence-electron chi connectivity index (χ1n) is 10.8. The van der Waals surface area contributed by atoms with Gasteiger partial charge in [-0.05, 0) is 23.3 Å². The lowest BCUT2D eigenvalue weighted by Crippen LogP contribution is -2.23. The molecule has 0 fully saturated rings. The van der Waals surface area contributed by atoms with Gasteiger partial charge in [-0.3, -0.25) is 14.2 Å². The van der Waals surface area contributed by atoms with Crippen LogP contribution >= 0.6 is 11.8 Å². The fourth-order valence-electron chi connectivity index (χ4n) is 3.47. The summed E-state index contributed by atoms with van der Waals surface area (Å²) in [4.78, 5) is 24.0. The Morgan fingerprint density at radius 3 is 2.29 bits per heavy atom. The number of carbonyl (C=O) groups excluding carboxylic acids is 2. The van der Waals surface area contributed by atoms with Gasteiger partial charge in [0, 0.05) is 25.5 Å². The maximum atomic E-state index is 14.6. The maximum absolute atomic E-state index is 14.6. The number of ketones is 1. The van der Waals surface area contributed by atoms with E-state index in [1.165, 1.54) is 24.8 Å². The molecule has 1 N–H and O–H groups in total. The summed E-state index contributed by atoms with van der Waals surface area (Å²) in [5.41, 5.74) is 3.01. The maximum Gasteiger partial charge on any atom is 0.216 e. The Bertz CT molecular complexity index is 1290. The van der Waals surface area contributed by atoms with Crippen molar-refractivity contribution in [2.75, 3.05) is 12.3 Å². The highest BCUT2D eigenvalue weighted by Crippen LogP contribution is 2.25. The van der Waals surface area contributed by atoms with E-state index in [-0.39, 0.29) is 17.4 Å². The topological polar surface area (TPSA) is 76.9 Å². The molecule has 0 saturated carbocycles. The van der Waals surface area contributed by atoms with E-state index in [2.05, 4.69) is 15.5 Å². The summed E-state index contributed by atoms with van der Waals surface area (Å²) in [6.07, 6.45) is 0.371. The number of rotatable bonds is 9. The van der Waals surface area contributed by atoms with Crippen molar-refractivity contribution in [3.8, 4) is 16.8 Å². The molecule has 0 saturated heterocycles. The van der Waals surface area contributed by atoms with Crippen molar-refractivity contribution < 1.29 is 14.0 Å². The van der Waals surface area contributed by atoms with Gasteiger partial charge in [0.25, 0.3) is 0 Å². The molecule has 1 amide bonds. The summed E-state index contributed by atoms with van der Waals surface area (Å²) in [5.74, 6) is -0.0140. The zero-order chi connectivity index (χ0) is 23.9. The van der Waals surface area contributed by atoms with E-state index in [0.29, 0.717) is 35.2 Å². The SMILES string of the molecule is CC(=O)NCCc1nnc(SCC(=O)c2ccc(-c3ccccc3)cc2)n1-c1ccccc1F. The van der Waals surface area contributed by atoms with E-state index in [4.69, 9.17) is 0 Å². The minimum absolute atomic E-state index is 0.0625. The van der Waals surface area contributed by atoms with E-state index < -0.39 is 5.82 Å².